The van der Waals surface area contributed by atoms with E-state index < -0.39 is 0 Å². The van der Waals surface area contributed by atoms with Crippen LogP contribution in [0.25, 0.3) is 0 Å². The fraction of sp³-hybridized carbons (Fsp3) is 0.667. The Bertz CT molecular complexity index is 935. The number of carbonyl (C=O) groups is 3. The molecule has 1 aromatic rings. The molecule has 35 heavy (non-hydrogen) atoms. The van der Waals surface area contributed by atoms with Gasteiger partial charge in [-0.05, 0) is 50.3 Å². The topological polar surface area (TPSA) is 85.0 Å². The summed E-state index contributed by atoms with van der Waals surface area (Å²) >= 11 is 0. The largest absolute Gasteiger partial charge is 0.368 e. The van der Waals surface area contributed by atoms with E-state index in [-0.39, 0.29) is 23.7 Å². The van der Waals surface area contributed by atoms with E-state index in [1.165, 1.54) is 6.42 Å². The minimum atomic E-state index is 0.0169. The van der Waals surface area contributed by atoms with E-state index in [1.807, 2.05) is 28.0 Å². The smallest absolute Gasteiger partial charge is 0.254 e. The molecule has 5 rings (SSSR count). The lowest BCUT2D eigenvalue weighted by atomic mass is 9.88. The molecule has 0 bridgehead atoms. The molecule has 0 atom stereocenters. The fourth-order valence-electron chi connectivity index (χ4n) is 5.66. The van der Waals surface area contributed by atoms with E-state index in [9.17, 15) is 14.4 Å². The molecule has 2 saturated heterocycles. The zero-order valence-electron chi connectivity index (χ0n) is 20.8. The molecular weight excluding hydrogens is 442 g/mol. The van der Waals surface area contributed by atoms with Crippen LogP contribution in [0.5, 0.6) is 0 Å². The summed E-state index contributed by atoms with van der Waals surface area (Å²) in [5.41, 5.74) is 2.30. The van der Waals surface area contributed by atoms with Crippen LogP contribution < -0.4 is 15.5 Å². The van der Waals surface area contributed by atoms with Crippen molar-refractivity contribution in [2.24, 2.45) is 11.8 Å². The van der Waals surface area contributed by atoms with E-state index >= 15 is 0 Å². The molecule has 0 aromatic heterocycles. The fourth-order valence-corrected chi connectivity index (χ4v) is 5.66. The number of anilines is 2. The van der Waals surface area contributed by atoms with E-state index in [0.717, 1.165) is 89.0 Å². The van der Waals surface area contributed by atoms with Crippen LogP contribution in [0.15, 0.2) is 18.2 Å². The van der Waals surface area contributed by atoms with E-state index in [0.29, 0.717) is 31.1 Å². The van der Waals surface area contributed by atoms with Gasteiger partial charge in [0, 0.05) is 69.8 Å². The minimum Gasteiger partial charge on any atom is -0.368 e. The number of nitrogens with one attached hydrogen (secondary N) is 2. The molecule has 8 heteroatoms. The average Bonchev–Trinajstić information content (AvgIpc) is 3.76. The lowest BCUT2D eigenvalue weighted by Crippen LogP contribution is -2.46. The molecule has 0 unspecified atom stereocenters. The number of rotatable bonds is 5. The molecule has 2 saturated carbocycles. The van der Waals surface area contributed by atoms with Gasteiger partial charge in [0.15, 0.2) is 0 Å². The van der Waals surface area contributed by atoms with Gasteiger partial charge in [-0.3, -0.25) is 14.4 Å². The molecule has 4 aliphatic rings. The van der Waals surface area contributed by atoms with Gasteiger partial charge in [-0.25, -0.2) is 0 Å². The summed E-state index contributed by atoms with van der Waals surface area (Å²) in [4.78, 5) is 45.2. The number of hydrogen-bond donors (Lipinski definition) is 2. The maximum atomic E-state index is 13.2. The first-order valence-electron chi connectivity index (χ1n) is 13.6. The van der Waals surface area contributed by atoms with Crippen molar-refractivity contribution >= 4 is 29.1 Å². The Morgan fingerprint density at radius 3 is 2.29 bits per heavy atom. The van der Waals surface area contributed by atoms with Crippen LogP contribution in [-0.2, 0) is 9.59 Å². The Balaban J connectivity index is 1.36. The summed E-state index contributed by atoms with van der Waals surface area (Å²) < 4.78 is 0. The standard InChI is InChI=1S/C27H39N5O3/c33-25(20-5-2-1-3-6-20)29-23-19-22(27(35)32-15-11-28-12-16-32)9-10-24(23)30-13-4-14-31(18-17-30)26(34)21-7-8-21/h9-10,19-21,28H,1-8,11-18H2,(H,29,33). The lowest BCUT2D eigenvalue weighted by molar-refractivity contribution is -0.132. The number of piperazine rings is 1. The summed E-state index contributed by atoms with van der Waals surface area (Å²) in [6.07, 6.45) is 8.22. The van der Waals surface area contributed by atoms with Gasteiger partial charge in [-0.2, -0.15) is 0 Å². The third-order valence-corrected chi connectivity index (χ3v) is 7.96. The molecule has 4 fully saturated rings. The van der Waals surface area contributed by atoms with Crippen LogP contribution in [0.3, 0.4) is 0 Å². The zero-order valence-corrected chi connectivity index (χ0v) is 20.8. The Hall–Kier alpha value is -2.61. The Labute approximate surface area is 208 Å². The summed E-state index contributed by atoms with van der Waals surface area (Å²) in [6, 6.07) is 5.76. The normalized spacial score (nSPS) is 22.0. The zero-order chi connectivity index (χ0) is 24.2. The van der Waals surface area contributed by atoms with Crippen molar-refractivity contribution in [1.29, 1.82) is 0 Å². The maximum Gasteiger partial charge on any atom is 0.254 e. The second kappa shape index (κ2) is 11.0. The highest BCUT2D eigenvalue weighted by atomic mass is 16.2. The number of hydrogen-bond acceptors (Lipinski definition) is 5. The molecule has 190 valence electrons. The second-order valence-corrected chi connectivity index (χ2v) is 10.5. The van der Waals surface area contributed by atoms with Crippen molar-refractivity contribution in [2.75, 3.05) is 62.6 Å². The van der Waals surface area contributed by atoms with Crippen molar-refractivity contribution in [3.05, 3.63) is 23.8 Å². The van der Waals surface area contributed by atoms with Crippen LogP contribution in [-0.4, -0.2) is 79.9 Å². The molecule has 0 radical (unpaired) electrons. The highest BCUT2D eigenvalue weighted by Crippen LogP contribution is 2.33. The van der Waals surface area contributed by atoms with Gasteiger partial charge < -0.3 is 25.3 Å². The van der Waals surface area contributed by atoms with Gasteiger partial charge >= 0.3 is 0 Å². The van der Waals surface area contributed by atoms with Crippen molar-refractivity contribution in [2.45, 2.75) is 51.4 Å². The molecule has 8 nitrogen and oxygen atoms in total. The van der Waals surface area contributed by atoms with E-state index in [1.54, 1.807) is 0 Å². The first-order valence-corrected chi connectivity index (χ1v) is 13.6. The van der Waals surface area contributed by atoms with Crippen LogP contribution in [0.1, 0.15) is 61.7 Å². The molecule has 1 aromatic carbocycles. The summed E-state index contributed by atoms with van der Waals surface area (Å²) in [5.74, 6) is 0.665. The van der Waals surface area contributed by atoms with Crippen molar-refractivity contribution < 1.29 is 14.4 Å². The molecule has 2 N–H and O–H groups in total. The van der Waals surface area contributed by atoms with Crippen LogP contribution >= 0.6 is 0 Å². The quantitative estimate of drug-likeness (QED) is 0.676. The first kappa shape index (κ1) is 24.1. The Morgan fingerprint density at radius 2 is 1.54 bits per heavy atom. The summed E-state index contributed by atoms with van der Waals surface area (Å²) in [7, 11) is 0. The van der Waals surface area contributed by atoms with Crippen LogP contribution in [0.2, 0.25) is 0 Å². The average molecular weight is 482 g/mol. The Kier molecular flexibility index (Phi) is 7.56. The molecule has 3 amide bonds. The second-order valence-electron chi connectivity index (χ2n) is 10.5. The predicted molar refractivity (Wildman–Crippen MR) is 137 cm³/mol. The monoisotopic (exact) mass is 481 g/mol. The minimum absolute atomic E-state index is 0.0169. The number of benzene rings is 1. The van der Waals surface area contributed by atoms with Crippen LogP contribution in [0.4, 0.5) is 11.4 Å². The van der Waals surface area contributed by atoms with Crippen molar-refractivity contribution in [3.63, 3.8) is 0 Å². The van der Waals surface area contributed by atoms with Gasteiger partial charge in [-0.15, -0.1) is 0 Å². The molecular formula is C27H39N5O3. The number of amides is 3. The molecule has 2 heterocycles. The third kappa shape index (κ3) is 5.80. The van der Waals surface area contributed by atoms with Gasteiger partial charge in [0.05, 0.1) is 11.4 Å². The highest BCUT2D eigenvalue weighted by molar-refractivity contribution is 6.00. The van der Waals surface area contributed by atoms with E-state index in [4.69, 9.17) is 0 Å². The molecule has 2 aliphatic carbocycles. The van der Waals surface area contributed by atoms with E-state index in [2.05, 4.69) is 15.5 Å². The van der Waals surface area contributed by atoms with Gasteiger partial charge in [0.2, 0.25) is 11.8 Å². The Morgan fingerprint density at radius 1 is 0.771 bits per heavy atom. The van der Waals surface area contributed by atoms with Gasteiger partial charge in [-0.1, -0.05) is 19.3 Å². The molecule has 0 spiro atoms. The first-order chi connectivity index (χ1) is 17.1. The highest BCUT2D eigenvalue weighted by Gasteiger charge is 2.34. The van der Waals surface area contributed by atoms with Crippen LogP contribution in [0, 0.1) is 11.8 Å². The van der Waals surface area contributed by atoms with Crippen molar-refractivity contribution in [3.8, 4) is 0 Å². The maximum absolute atomic E-state index is 13.2. The van der Waals surface area contributed by atoms with Gasteiger partial charge in [0.25, 0.3) is 5.91 Å². The molecule has 2 aliphatic heterocycles. The van der Waals surface area contributed by atoms with Gasteiger partial charge in [0.1, 0.15) is 0 Å². The number of nitrogens with zero attached hydrogens (tertiary/aromatic N) is 3. The number of carbonyl (C=O) groups excluding carboxylic acids is 3. The third-order valence-electron chi connectivity index (χ3n) is 7.96. The summed E-state index contributed by atoms with van der Waals surface area (Å²) in [5, 5.41) is 6.50. The lowest BCUT2D eigenvalue weighted by Gasteiger charge is -2.29. The van der Waals surface area contributed by atoms with Crippen molar-refractivity contribution in [1.82, 2.24) is 15.1 Å². The SMILES string of the molecule is O=C(Nc1cc(C(=O)N2CCNCC2)ccc1N1CCCN(C(=O)C2CC2)CC1)C1CCCCC1. The summed E-state index contributed by atoms with van der Waals surface area (Å²) in [6.45, 7) is 6.05. The predicted octanol–water partition coefficient (Wildman–Crippen LogP) is 2.70.